The summed E-state index contributed by atoms with van der Waals surface area (Å²) >= 11 is 0. The number of nitrogens with two attached hydrogens (primary N) is 1. The number of hydrogen-bond acceptors (Lipinski definition) is 14. The van der Waals surface area contributed by atoms with Crippen LogP contribution in [-0.2, 0) is 36.3 Å². The molecule has 0 aliphatic carbocycles. The van der Waals surface area contributed by atoms with E-state index in [1.54, 1.807) is 18.2 Å². The quantitative estimate of drug-likeness (QED) is 0.0987. The lowest BCUT2D eigenvalue weighted by Crippen LogP contribution is -2.36. The van der Waals surface area contributed by atoms with Gasteiger partial charge in [0, 0.05) is 24.3 Å². The van der Waals surface area contributed by atoms with Crippen molar-refractivity contribution in [1.82, 2.24) is 4.90 Å². The number of aliphatic hydroxyl groups is 1. The van der Waals surface area contributed by atoms with Crippen LogP contribution >= 0.6 is 23.5 Å². The van der Waals surface area contributed by atoms with Crippen molar-refractivity contribution in [2.75, 3.05) is 13.2 Å². The second-order valence-electron chi connectivity index (χ2n) is 10.7. The Bertz CT molecular complexity index is 1470. The average Bonchev–Trinajstić information content (AvgIpc) is 3.21. The minimum Gasteiger partial charge on any atom is -0.390 e. The van der Waals surface area contributed by atoms with Crippen LogP contribution < -0.4 is 5.73 Å². The molecule has 1 fully saturated rings. The van der Waals surface area contributed by atoms with Gasteiger partial charge in [0.15, 0.2) is 0 Å². The Morgan fingerprint density at radius 2 is 1.82 bits per heavy atom. The van der Waals surface area contributed by atoms with E-state index in [1.165, 1.54) is 17.2 Å². The molecule has 1 aromatic rings. The molecule has 0 saturated carbocycles. The Morgan fingerprint density at radius 3 is 2.41 bits per heavy atom. The van der Waals surface area contributed by atoms with Crippen LogP contribution in [0.2, 0.25) is 0 Å². The predicted molar refractivity (Wildman–Crippen MR) is 151 cm³/mol. The maximum absolute atomic E-state index is 12.0. The number of rotatable bonds is 13. The first-order valence-corrected chi connectivity index (χ1v) is 17.1. The molecule has 19 nitrogen and oxygen atoms in total. The Balaban J connectivity index is 1.71. The number of benzene rings is 1. The highest BCUT2D eigenvalue weighted by Crippen LogP contribution is 2.66. The van der Waals surface area contributed by atoms with Crippen LogP contribution in [-0.4, -0.2) is 72.0 Å². The number of para-hydroxylation sites is 1. The van der Waals surface area contributed by atoms with E-state index in [1.807, 2.05) is 20.8 Å². The van der Waals surface area contributed by atoms with Crippen molar-refractivity contribution in [3.05, 3.63) is 64.1 Å². The topological polar surface area (TPSA) is 283 Å². The van der Waals surface area contributed by atoms with Crippen LogP contribution in [0.25, 0.3) is 0 Å². The zero-order valence-corrected chi connectivity index (χ0v) is 26.3. The minimum atomic E-state index is -5.72. The summed E-state index contributed by atoms with van der Waals surface area (Å²) < 4.78 is 58.1. The molecule has 0 aromatic heterocycles. The monoisotopic (exact) mass is 686 g/mol. The molecule has 6 atom stereocenters. The lowest BCUT2D eigenvalue weighted by atomic mass is 9.84. The maximum Gasteiger partial charge on any atom is 0.490 e. The molecule has 2 aliphatic heterocycles. The summed E-state index contributed by atoms with van der Waals surface area (Å²) in [5.41, 5.74) is 6.12. The molecule has 0 radical (unpaired) electrons. The first-order valence-electron chi connectivity index (χ1n) is 12.6. The van der Waals surface area contributed by atoms with Gasteiger partial charge < -0.3 is 44.8 Å². The van der Waals surface area contributed by atoms with Gasteiger partial charge in [0.25, 0.3) is 5.69 Å². The average molecular weight is 686 g/mol. The predicted octanol–water partition coefficient (Wildman–Crippen LogP) is 2.55. The summed E-state index contributed by atoms with van der Waals surface area (Å²) in [6, 6.07) is 6.19. The third-order valence-electron chi connectivity index (χ3n) is 6.11. The highest BCUT2D eigenvalue weighted by molar-refractivity contribution is 7.66. The maximum atomic E-state index is 12.0. The number of nitro benzene ring substituents is 1. The molecule has 1 aromatic carbocycles. The van der Waals surface area contributed by atoms with E-state index in [4.69, 9.17) is 25.0 Å². The van der Waals surface area contributed by atoms with E-state index in [2.05, 4.69) is 24.7 Å². The zero-order valence-electron chi connectivity index (χ0n) is 23.6. The molecule has 44 heavy (non-hydrogen) atoms. The number of aliphatic hydroxyl groups excluding tert-OH is 1. The second-order valence-corrected chi connectivity index (χ2v) is 15.1. The van der Waals surface area contributed by atoms with Gasteiger partial charge in [-0.2, -0.15) is 8.62 Å². The van der Waals surface area contributed by atoms with Crippen LogP contribution in [0.15, 0.2) is 53.4 Å². The number of nitrogens with zero attached hydrogens (tertiary/aromatic N) is 3. The Labute approximate surface area is 251 Å². The van der Waals surface area contributed by atoms with E-state index in [0.29, 0.717) is 11.1 Å². The smallest absolute Gasteiger partial charge is 0.390 e. The molecule has 7 N–H and O–H groups in total. The SMILES string of the molecule is C=C1N=C(N)C(CO[C@H](c2ccccc2[N+](=O)[O-])C(C)(C)C)=CN1[C@H]1C[C@@H](O)[C@@H](COP(=O)(O)OP(=O)(O)OP(=O)(O)O)O1. The summed E-state index contributed by atoms with van der Waals surface area (Å²) in [6.45, 7) is 8.36. The summed E-state index contributed by atoms with van der Waals surface area (Å²) in [5.74, 6) is 0.146. The standard InChI is InChI=1S/C22H33N4O15P3/c1-13-24-21(23)14(11-37-20(22(2,3)4)15-7-5-6-8-16(15)26(28)29)10-25(13)19-9-17(27)18(39-19)12-38-43(33,34)41-44(35,36)40-42(30,31)32/h5-8,10,17-20,27H,1,9,11-12H2,2-4H3,(H2,23,24)(H,33,34)(H,35,36)(H2,30,31,32)/t17-,18-,19-,20-/m1/s1. The van der Waals surface area contributed by atoms with E-state index in [-0.39, 0.29) is 30.4 Å². The van der Waals surface area contributed by atoms with Gasteiger partial charge in [-0.3, -0.25) is 14.6 Å². The number of amidine groups is 1. The molecule has 22 heteroatoms. The van der Waals surface area contributed by atoms with Crippen LogP contribution in [0.5, 0.6) is 0 Å². The Kier molecular flexibility index (Phi) is 11.1. The number of ether oxygens (including phenoxy) is 2. The number of phosphoric ester groups is 1. The Morgan fingerprint density at radius 1 is 1.18 bits per heavy atom. The van der Waals surface area contributed by atoms with Gasteiger partial charge in [-0.05, 0) is 11.5 Å². The molecule has 2 aliphatic rings. The van der Waals surface area contributed by atoms with Crippen LogP contribution in [0.1, 0.15) is 38.9 Å². The largest absolute Gasteiger partial charge is 0.490 e. The van der Waals surface area contributed by atoms with Gasteiger partial charge >= 0.3 is 23.5 Å². The van der Waals surface area contributed by atoms with Crippen molar-refractivity contribution in [2.24, 2.45) is 16.1 Å². The molecular formula is C22H33N4O15P3. The van der Waals surface area contributed by atoms with Crippen molar-refractivity contribution in [2.45, 2.75) is 51.7 Å². The van der Waals surface area contributed by atoms with Gasteiger partial charge in [-0.25, -0.2) is 18.7 Å². The third kappa shape index (κ3) is 9.83. The lowest BCUT2D eigenvalue weighted by Gasteiger charge is -2.33. The summed E-state index contributed by atoms with van der Waals surface area (Å²) in [6.07, 6.45) is -2.91. The molecule has 0 amide bonds. The molecular weight excluding hydrogens is 653 g/mol. The highest BCUT2D eigenvalue weighted by Gasteiger charge is 2.44. The van der Waals surface area contributed by atoms with Crippen LogP contribution in [0.3, 0.4) is 0 Å². The van der Waals surface area contributed by atoms with Gasteiger partial charge in [0.05, 0.1) is 35.9 Å². The normalized spacial score (nSPS) is 24.7. The number of aliphatic imine (C=N–C) groups is 1. The van der Waals surface area contributed by atoms with E-state index in [9.17, 15) is 38.7 Å². The van der Waals surface area contributed by atoms with Crippen molar-refractivity contribution in [1.29, 1.82) is 0 Å². The highest BCUT2D eigenvalue weighted by atomic mass is 31.3. The minimum absolute atomic E-state index is 0.0456. The lowest BCUT2D eigenvalue weighted by molar-refractivity contribution is -0.386. The molecule has 3 rings (SSSR count). The Hall–Kier alpha value is -2.34. The van der Waals surface area contributed by atoms with Gasteiger partial charge in [-0.1, -0.05) is 39.5 Å². The zero-order chi connectivity index (χ0) is 33.3. The van der Waals surface area contributed by atoms with Crippen molar-refractivity contribution < 1.29 is 65.9 Å². The summed E-state index contributed by atoms with van der Waals surface area (Å²) in [4.78, 5) is 53.0. The molecule has 1 saturated heterocycles. The molecule has 0 spiro atoms. The fourth-order valence-electron chi connectivity index (χ4n) is 4.30. The fourth-order valence-corrected chi connectivity index (χ4v) is 7.33. The molecule has 0 bridgehead atoms. The molecule has 246 valence electrons. The van der Waals surface area contributed by atoms with Gasteiger partial charge in [0.1, 0.15) is 24.0 Å². The summed E-state index contributed by atoms with van der Waals surface area (Å²) in [7, 11) is -16.7. The van der Waals surface area contributed by atoms with Gasteiger partial charge in [0.2, 0.25) is 0 Å². The van der Waals surface area contributed by atoms with E-state index < -0.39 is 65.0 Å². The van der Waals surface area contributed by atoms with Crippen LogP contribution in [0.4, 0.5) is 5.69 Å². The summed E-state index contributed by atoms with van der Waals surface area (Å²) in [5, 5.41) is 22.1. The van der Waals surface area contributed by atoms with E-state index in [0.717, 1.165) is 0 Å². The molecule has 2 unspecified atom stereocenters. The number of nitro groups is 1. The first-order chi connectivity index (χ1) is 20.1. The number of phosphoric acid groups is 3. The van der Waals surface area contributed by atoms with Gasteiger partial charge in [-0.15, -0.1) is 0 Å². The fraction of sp³-hybridized carbons (Fsp3) is 0.500. The number of hydrogen-bond donors (Lipinski definition) is 6. The van der Waals surface area contributed by atoms with Crippen molar-refractivity contribution in [3.8, 4) is 0 Å². The van der Waals surface area contributed by atoms with Crippen molar-refractivity contribution >= 4 is 35.0 Å². The molecule has 2 heterocycles. The third-order valence-corrected chi connectivity index (χ3v) is 9.91. The van der Waals surface area contributed by atoms with E-state index >= 15 is 0 Å². The second kappa shape index (κ2) is 13.6. The first kappa shape index (κ1) is 36.1. The van der Waals surface area contributed by atoms with Crippen LogP contribution in [0, 0.1) is 15.5 Å². The van der Waals surface area contributed by atoms with Crippen molar-refractivity contribution in [3.63, 3.8) is 0 Å².